The fraction of sp³-hybridized carbons (Fsp3) is 0.387. The molecule has 1 aliphatic heterocycles. The number of aliphatic carboxylic acids is 1. The highest BCUT2D eigenvalue weighted by Crippen LogP contribution is 2.43. The number of carboxylic acid groups (broad SMARTS) is 1. The summed E-state index contributed by atoms with van der Waals surface area (Å²) in [6.07, 6.45) is 1.03. The number of fused-ring (bicyclic) bond motifs is 1. The summed E-state index contributed by atoms with van der Waals surface area (Å²) < 4.78 is 20.2. The fourth-order valence-corrected chi connectivity index (χ4v) is 5.25. The summed E-state index contributed by atoms with van der Waals surface area (Å²) in [5, 5.41) is 10.1. The lowest BCUT2D eigenvalue weighted by Crippen LogP contribution is -2.33. The Labute approximate surface area is 213 Å². The van der Waals surface area contributed by atoms with Gasteiger partial charge in [-0.05, 0) is 80.1 Å². The van der Waals surface area contributed by atoms with Crippen molar-refractivity contribution >= 4 is 5.97 Å². The molecule has 1 unspecified atom stereocenters. The van der Waals surface area contributed by atoms with Crippen molar-refractivity contribution in [3.8, 4) is 5.75 Å². The van der Waals surface area contributed by atoms with Crippen molar-refractivity contribution in [2.75, 3.05) is 6.54 Å². The van der Waals surface area contributed by atoms with Crippen LogP contribution in [-0.2, 0) is 17.9 Å². The third-order valence-corrected chi connectivity index (χ3v) is 7.49. The number of benzene rings is 3. The number of halogens is 1. The first-order valence-electron chi connectivity index (χ1n) is 12.7. The highest BCUT2D eigenvalue weighted by molar-refractivity contribution is 5.76. The van der Waals surface area contributed by atoms with Crippen LogP contribution in [0.1, 0.15) is 66.5 Å². The van der Waals surface area contributed by atoms with Gasteiger partial charge in [-0.3, -0.25) is 9.69 Å². The van der Waals surface area contributed by atoms with Gasteiger partial charge in [0.05, 0.1) is 5.41 Å². The maximum atomic E-state index is 13.9. The molecule has 1 N–H and O–H groups in total. The Morgan fingerprint density at radius 1 is 1.11 bits per heavy atom. The molecule has 3 aromatic rings. The van der Waals surface area contributed by atoms with Crippen molar-refractivity contribution in [1.29, 1.82) is 0 Å². The molecule has 0 aromatic heterocycles. The molecule has 0 amide bonds. The first-order valence-corrected chi connectivity index (χ1v) is 12.7. The first kappa shape index (κ1) is 25.9. The topological polar surface area (TPSA) is 49.8 Å². The van der Waals surface area contributed by atoms with E-state index in [9.17, 15) is 14.3 Å². The minimum Gasteiger partial charge on any atom is -0.489 e. The first-order chi connectivity index (χ1) is 17.1. The molecule has 4 nitrogen and oxygen atoms in total. The monoisotopic (exact) mass is 489 g/mol. The van der Waals surface area contributed by atoms with Crippen LogP contribution in [0.15, 0.2) is 60.7 Å². The average Bonchev–Trinajstić information content (AvgIpc) is 3.01. The van der Waals surface area contributed by atoms with Gasteiger partial charge in [0, 0.05) is 31.1 Å². The molecule has 190 valence electrons. The van der Waals surface area contributed by atoms with Gasteiger partial charge in [0.15, 0.2) is 0 Å². The molecule has 36 heavy (non-hydrogen) atoms. The van der Waals surface area contributed by atoms with Crippen LogP contribution in [0.5, 0.6) is 5.75 Å². The predicted molar refractivity (Wildman–Crippen MR) is 141 cm³/mol. The lowest BCUT2D eigenvalue weighted by molar-refractivity contribution is -0.147. The maximum absolute atomic E-state index is 13.9. The summed E-state index contributed by atoms with van der Waals surface area (Å²) in [6, 6.07) is 19.1. The van der Waals surface area contributed by atoms with Gasteiger partial charge >= 0.3 is 5.97 Å². The number of aryl methyl sites for hydroxylation is 2. The molecule has 3 aromatic carbocycles. The SMILES string of the molecule is CC[C@@H]1CN(Cc2cc(C(c3ccc(F)cc3C)C(C)(C)C(=O)O)ccc2C)Cc2ccccc2O1. The van der Waals surface area contributed by atoms with Crippen LogP contribution in [0.2, 0.25) is 0 Å². The van der Waals surface area contributed by atoms with E-state index in [1.54, 1.807) is 19.9 Å². The fourth-order valence-electron chi connectivity index (χ4n) is 5.25. The van der Waals surface area contributed by atoms with E-state index in [2.05, 4.69) is 36.9 Å². The zero-order valence-electron chi connectivity index (χ0n) is 21.8. The van der Waals surface area contributed by atoms with E-state index in [4.69, 9.17) is 4.74 Å². The lowest BCUT2D eigenvalue weighted by atomic mass is 9.70. The van der Waals surface area contributed by atoms with Gasteiger partial charge in [0.25, 0.3) is 0 Å². The van der Waals surface area contributed by atoms with E-state index >= 15 is 0 Å². The molecule has 0 bridgehead atoms. The van der Waals surface area contributed by atoms with Crippen LogP contribution in [0, 0.1) is 25.1 Å². The lowest BCUT2D eigenvalue weighted by Gasteiger charge is -2.33. The van der Waals surface area contributed by atoms with Gasteiger partial charge in [-0.25, -0.2) is 4.39 Å². The van der Waals surface area contributed by atoms with E-state index in [0.29, 0.717) is 0 Å². The molecule has 4 rings (SSSR count). The maximum Gasteiger partial charge on any atom is 0.310 e. The van der Waals surface area contributed by atoms with E-state index in [0.717, 1.165) is 59.6 Å². The van der Waals surface area contributed by atoms with Crippen LogP contribution in [0.25, 0.3) is 0 Å². The van der Waals surface area contributed by atoms with Crippen molar-refractivity contribution in [2.45, 2.75) is 66.2 Å². The molecule has 2 atom stereocenters. The van der Waals surface area contributed by atoms with Gasteiger partial charge in [0.2, 0.25) is 0 Å². The van der Waals surface area contributed by atoms with Gasteiger partial charge < -0.3 is 9.84 Å². The molecule has 0 fully saturated rings. The van der Waals surface area contributed by atoms with Crippen LogP contribution in [-0.4, -0.2) is 28.6 Å². The molecular formula is C31H36FNO3. The smallest absolute Gasteiger partial charge is 0.310 e. The van der Waals surface area contributed by atoms with Gasteiger partial charge in [0.1, 0.15) is 17.7 Å². The van der Waals surface area contributed by atoms with Crippen molar-refractivity contribution in [3.05, 3.63) is 99.9 Å². The number of ether oxygens (including phenoxy) is 1. The van der Waals surface area contributed by atoms with Gasteiger partial charge in [-0.15, -0.1) is 0 Å². The second-order valence-electron chi connectivity index (χ2n) is 10.6. The van der Waals surface area contributed by atoms with E-state index in [1.165, 1.54) is 17.7 Å². The van der Waals surface area contributed by atoms with Gasteiger partial charge in [-0.1, -0.05) is 49.4 Å². The van der Waals surface area contributed by atoms with Crippen LogP contribution in [0.4, 0.5) is 4.39 Å². The minimum atomic E-state index is -1.09. The Morgan fingerprint density at radius 3 is 2.56 bits per heavy atom. The summed E-state index contributed by atoms with van der Waals surface area (Å²) in [6.45, 7) is 11.9. The summed E-state index contributed by atoms with van der Waals surface area (Å²) in [4.78, 5) is 14.8. The number of rotatable bonds is 7. The zero-order chi connectivity index (χ0) is 26.0. The van der Waals surface area contributed by atoms with Crippen molar-refractivity contribution < 1.29 is 19.0 Å². The molecule has 5 heteroatoms. The normalized spacial score (nSPS) is 17.1. The van der Waals surface area contributed by atoms with Crippen molar-refractivity contribution in [3.63, 3.8) is 0 Å². The Morgan fingerprint density at radius 2 is 1.86 bits per heavy atom. The molecule has 0 spiro atoms. The van der Waals surface area contributed by atoms with Crippen molar-refractivity contribution in [2.24, 2.45) is 5.41 Å². The Hall–Kier alpha value is -3.18. The van der Waals surface area contributed by atoms with Gasteiger partial charge in [-0.2, -0.15) is 0 Å². The van der Waals surface area contributed by atoms with Crippen LogP contribution >= 0.6 is 0 Å². The Balaban J connectivity index is 1.73. The van der Waals surface area contributed by atoms with Crippen LogP contribution in [0.3, 0.4) is 0 Å². The van der Waals surface area contributed by atoms with Crippen LogP contribution < -0.4 is 4.74 Å². The molecule has 0 aliphatic carbocycles. The number of carbonyl (C=O) groups is 1. The molecule has 1 aliphatic rings. The predicted octanol–water partition coefficient (Wildman–Crippen LogP) is 6.86. The molecule has 0 saturated carbocycles. The molecule has 0 saturated heterocycles. The third-order valence-electron chi connectivity index (χ3n) is 7.49. The molecular weight excluding hydrogens is 453 g/mol. The number of nitrogens with zero attached hydrogens (tertiary/aromatic N) is 1. The summed E-state index contributed by atoms with van der Waals surface area (Å²) in [5.74, 6) is -0.675. The zero-order valence-corrected chi connectivity index (χ0v) is 21.8. The second-order valence-corrected chi connectivity index (χ2v) is 10.6. The molecule has 1 heterocycles. The average molecular weight is 490 g/mol. The highest BCUT2D eigenvalue weighted by atomic mass is 19.1. The Bertz CT molecular complexity index is 1250. The Kier molecular flexibility index (Phi) is 7.51. The number of para-hydroxylation sites is 1. The second kappa shape index (κ2) is 10.4. The minimum absolute atomic E-state index is 0.109. The highest BCUT2D eigenvalue weighted by Gasteiger charge is 2.40. The third kappa shape index (κ3) is 5.31. The number of carboxylic acids is 1. The standard InChI is InChI=1S/C31H36FNO3/c1-6-26-19-33(17-23-9-7-8-10-28(23)36-26)18-24-16-22(12-11-20(24)2)29(31(4,5)30(34)35)27-14-13-25(32)15-21(27)3/h7-16,26,29H,6,17-19H2,1-5H3,(H,34,35)/t26-,29?/m1/s1. The van der Waals surface area contributed by atoms with E-state index < -0.39 is 17.3 Å². The quantitative estimate of drug-likeness (QED) is 0.394. The van der Waals surface area contributed by atoms with Crippen molar-refractivity contribution in [1.82, 2.24) is 4.90 Å². The number of hydrogen-bond acceptors (Lipinski definition) is 3. The summed E-state index contributed by atoms with van der Waals surface area (Å²) >= 11 is 0. The largest absolute Gasteiger partial charge is 0.489 e. The number of hydrogen-bond donors (Lipinski definition) is 1. The summed E-state index contributed by atoms with van der Waals surface area (Å²) in [7, 11) is 0. The van der Waals surface area contributed by atoms with E-state index in [1.807, 2.05) is 31.2 Å². The summed E-state index contributed by atoms with van der Waals surface area (Å²) in [5.41, 5.74) is 4.92. The molecule has 0 radical (unpaired) electrons. The van der Waals surface area contributed by atoms with E-state index in [-0.39, 0.29) is 11.9 Å².